The summed E-state index contributed by atoms with van der Waals surface area (Å²) in [6.45, 7) is 3.83. The smallest absolute Gasteiger partial charge is 0.137 e. The zero-order valence-corrected chi connectivity index (χ0v) is 9.47. The van der Waals surface area contributed by atoms with E-state index in [1.807, 2.05) is 25.1 Å². The van der Waals surface area contributed by atoms with Gasteiger partial charge in [-0.05, 0) is 24.6 Å². The van der Waals surface area contributed by atoms with E-state index in [1.165, 1.54) is 0 Å². The summed E-state index contributed by atoms with van der Waals surface area (Å²) in [5.74, 6) is 5.85. The lowest BCUT2D eigenvalue weighted by Crippen LogP contribution is -2.33. The minimum Gasteiger partial charge on any atom is -0.492 e. The van der Waals surface area contributed by atoms with Gasteiger partial charge >= 0.3 is 0 Å². The minimum absolute atomic E-state index is 0.560. The summed E-state index contributed by atoms with van der Waals surface area (Å²) in [5, 5.41) is 3.73. The zero-order valence-electron chi connectivity index (χ0n) is 8.72. The largest absolute Gasteiger partial charge is 0.492 e. The molecular formula is C10H16ClN3O. The van der Waals surface area contributed by atoms with Crippen LogP contribution in [-0.2, 0) is 6.54 Å². The highest BCUT2D eigenvalue weighted by molar-refractivity contribution is 6.32. The van der Waals surface area contributed by atoms with Gasteiger partial charge in [-0.25, -0.2) is 5.43 Å². The normalized spacial score (nSPS) is 10.3. The Morgan fingerprint density at radius 1 is 1.47 bits per heavy atom. The predicted octanol–water partition coefficient (Wildman–Crippen LogP) is 1.25. The second-order valence-corrected chi connectivity index (χ2v) is 3.41. The number of ether oxygens (including phenoxy) is 1. The van der Waals surface area contributed by atoms with Crippen molar-refractivity contribution in [3.63, 3.8) is 0 Å². The molecule has 1 aromatic rings. The third kappa shape index (κ3) is 4.05. The van der Waals surface area contributed by atoms with Crippen molar-refractivity contribution in [2.45, 2.75) is 13.5 Å². The van der Waals surface area contributed by atoms with Crippen LogP contribution in [0.2, 0.25) is 5.02 Å². The molecule has 0 heterocycles. The molecule has 84 valence electrons. The summed E-state index contributed by atoms with van der Waals surface area (Å²) in [6.07, 6.45) is 0. The van der Waals surface area contributed by atoms with Crippen LogP contribution in [0.4, 0.5) is 0 Å². The summed E-state index contributed by atoms with van der Waals surface area (Å²) < 4.78 is 5.33. The van der Waals surface area contributed by atoms with Gasteiger partial charge in [-0.3, -0.25) is 11.2 Å². The second-order valence-electron chi connectivity index (χ2n) is 3.01. The predicted molar refractivity (Wildman–Crippen MR) is 61.7 cm³/mol. The van der Waals surface area contributed by atoms with Crippen LogP contribution in [0.1, 0.15) is 12.5 Å². The molecule has 0 radical (unpaired) electrons. The van der Waals surface area contributed by atoms with Crippen molar-refractivity contribution in [3.05, 3.63) is 28.8 Å². The number of benzene rings is 1. The van der Waals surface area contributed by atoms with Crippen molar-refractivity contribution in [1.82, 2.24) is 10.7 Å². The molecule has 15 heavy (non-hydrogen) atoms. The third-order valence-corrected chi connectivity index (χ3v) is 2.15. The van der Waals surface area contributed by atoms with Gasteiger partial charge in [0, 0.05) is 6.54 Å². The van der Waals surface area contributed by atoms with Crippen LogP contribution in [0, 0.1) is 0 Å². The third-order valence-electron chi connectivity index (χ3n) is 1.85. The van der Waals surface area contributed by atoms with E-state index in [9.17, 15) is 0 Å². The van der Waals surface area contributed by atoms with Crippen molar-refractivity contribution >= 4 is 11.6 Å². The van der Waals surface area contributed by atoms with Crippen molar-refractivity contribution in [3.8, 4) is 5.75 Å². The van der Waals surface area contributed by atoms with Gasteiger partial charge in [0.15, 0.2) is 0 Å². The Morgan fingerprint density at radius 2 is 2.27 bits per heavy atom. The maximum absolute atomic E-state index is 6.03. The number of hydrogen-bond acceptors (Lipinski definition) is 4. The first-order valence-corrected chi connectivity index (χ1v) is 5.21. The van der Waals surface area contributed by atoms with Crippen molar-refractivity contribution < 1.29 is 4.74 Å². The lowest BCUT2D eigenvalue weighted by molar-refractivity contribution is 0.340. The van der Waals surface area contributed by atoms with Crippen molar-refractivity contribution in [2.75, 3.05) is 13.3 Å². The van der Waals surface area contributed by atoms with E-state index in [4.69, 9.17) is 22.2 Å². The quantitative estimate of drug-likeness (QED) is 0.297. The summed E-state index contributed by atoms with van der Waals surface area (Å²) in [4.78, 5) is 0. The van der Waals surface area contributed by atoms with Crippen LogP contribution < -0.4 is 21.3 Å². The fourth-order valence-corrected chi connectivity index (χ4v) is 1.46. The number of nitrogens with two attached hydrogens (primary N) is 1. The molecule has 0 aliphatic heterocycles. The Kier molecular flexibility index (Phi) is 5.42. The molecular weight excluding hydrogens is 214 g/mol. The highest BCUT2D eigenvalue weighted by atomic mass is 35.5. The van der Waals surface area contributed by atoms with Gasteiger partial charge in [0.05, 0.1) is 18.3 Å². The van der Waals surface area contributed by atoms with E-state index in [0.29, 0.717) is 18.3 Å². The minimum atomic E-state index is 0.560. The molecule has 0 saturated heterocycles. The SMILES string of the molecule is CCOc1ccc(CNCNN)cc1Cl. The Hall–Kier alpha value is -0.810. The fourth-order valence-electron chi connectivity index (χ4n) is 1.21. The first-order valence-electron chi connectivity index (χ1n) is 4.83. The summed E-state index contributed by atoms with van der Waals surface area (Å²) >= 11 is 6.03. The topological polar surface area (TPSA) is 59.3 Å². The Bertz CT molecular complexity index is 307. The summed E-state index contributed by atoms with van der Waals surface area (Å²) in [7, 11) is 0. The molecule has 0 aliphatic carbocycles. The van der Waals surface area contributed by atoms with E-state index in [0.717, 1.165) is 17.9 Å². The molecule has 4 nitrogen and oxygen atoms in total. The first-order chi connectivity index (χ1) is 7.27. The van der Waals surface area contributed by atoms with Crippen LogP contribution in [-0.4, -0.2) is 13.3 Å². The van der Waals surface area contributed by atoms with Crippen LogP contribution in [0.15, 0.2) is 18.2 Å². The van der Waals surface area contributed by atoms with Gasteiger partial charge in [-0.1, -0.05) is 17.7 Å². The molecule has 0 unspecified atom stereocenters. The molecule has 5 heteroatoms. The number of nitrogens with one attached hydrogen (secondary N) is 2. The van der Waals surface area contributed by atoms with Gasteiger partial charge < -0.3 is 4.74 Å². The average Bonchev–Trinajstić information content (AvgIpc) is 2.23. The zero-order chi connectivity index (χ0) is 11.1. The first kappa shape index (κ1) is 12.3. The summed E-state index contributed by atoms with van der Waals surface area (Å²) in [5.41, 5.74) is 3.61. The van der Waals surface area contributed by atoms with Gasteiger partial charge in [0.2, 0.25) is 0 Å². The molecule has 4 N–H and O–H groups in total. The molecule has 0 atom stereocenters. The Labute approximate surface area is 94.7 Å². The molecule has 0 spiro atoms. The van der Waals surface area contributed by atoms with E-state index < -0.39 is 0 Å². The standard InChI is InChI=1S/C10H16ClN3O/c1-2-15-10-4-3-8(5-9(10)11)6-13-7-14-12/h3-5,13-14H,2,6-7,12H2,1H3. The number of hydrogen-bond donors (Lipinski definition) is 3. The van der Waals surface area contributed by atoms with Crippen molar-refractivity contribution in [2.24, 2.45) is 5.84 Å². The maximum Gasteiger partial charge on any atom is 0.137 e. The van der Waals surface area contributed by atoms with E-state index in [-0.39, 0.29) is 0 Å². The van der Waals surface area contributed by atoms with Crippen LogP contribution >= 0.6 is 11.6 Å². The van der Waals surface area contributed by atoms with E-state index in [1.54, 1.807) is 0 Å². The van der Waals surface area contributed by atoms with Crippen LogP contribution in [0.3, 0.4) is 0 Å². The maximum atomic E-state index is 6.03. The summed E-state index contributed by atoms with van der Waals surface area (Å²) in [6, 6.07) is 5.73. The molecule has 0 aliphatic rings. The molecule has 0 aromatic heterocycles. The van der Waals surface area contributed by atoms with E-state index >= 15 is 0 Å². The van der Waals surface area contributed by atoms with Crippen molar-refractivity contribution in [1.29, 1.82) is 0 Å². The second kappa shape index (κ2) is 6.63. The van der Waals surface area contributed by atoms with Gasteiger partial charge in [-0.2, -0.15) is 0 Å². The highest BCUT2D eigenvalue weighted by Crippen LogP contribution is 2.25. The number of halogens is 1. The van der Waals surface area contributed by atoms with Crippen LogP contribution in [0.5, 0.6) is 5.75 Å². The number of hydrazine groups is 1. The molecule has 1 rings (SSSR count). The van der Waals surface area contributed by atoms with Gasteiger partial charge in [0.25, 0.3) is 0 Å². The fraction of sp³-hybridized carbons (Fsp3) is 0.400. The molecule has 0 bridgehead atoms. The van der Waals surface area contributed by atoms with E-state index in [2.05, 4.69) is 10.7 Å². The van der Waals surface area contributed by atoms with Gasteiger partial charge in [0.1, 0.15) is 5.75 Å². The molecule has 1 aromatic carbocycles. The van der Waals surface area contributed by atoms with Crippen LogP contribution in [0.25, 0.3) is 0 Å². The Balaban J connectivity index is 2.56. The monoisotopic (exact) mass is 229 g/mol. The lowest BCUT2D eigenvalue weighted by Gasteiger charge is -2.08. The lowest BCUT2D eigenvalue weighted by atomic mass is 10.2. The number of rotatable bonds is 6. The average molecular weight is 230 g/mol. The Morgan fingerprint density at radius 3 is 2.87 bits per heavy atom. The molecule has 0 saturated carbocycles. The van der Waals surface area contributed by atoms with Gasteiger partial charge in [-0.15, -0.1) is 0 Å². The molecule has 0 amide bonds. The molecule has 0 fully saturated rings. The highest BCUT2D eigenvalue weighted by Gasteiger charge is 2.01.